The number of piperidine rings is 1. The molecule has 0 radical (unpaired) electrons. The predicted molar refractivity (Wildman–Crippen MR) is 247 cm³/mol. The van der Waals surface area contributed by atoms with Gasteiger partial charge in [-0.15, -0.1) is 21.5 Å². The lowest BCUT2D eigenvalue weighted by atomic mass is 9.80. The first-order chi connectivity index (χ1) is 30.7. The first kappa shape index (κ1) is 44.9. The highest BCUT2D eigenvalue weighted by Crippen LogP contribution is 2.35. The Balaban J connectivity index is 0.801. The monoisotopic (exact) mass is 888 g/mol. The molecule has 2 saturated heterocycles. The molecule has 3 atom stereocenters. The Morgan fingerprint density at radius 2 is 1.67 bits per heavy atom. The number of amides is 3. The van der Waals surface area contributed by atoms with Gasteiger partial charge in [0.25, 0.3) is 0 Å². The predicted octanol–water partition coefficient (Wildman–Crippen LogP) is 5.98. The third-order valence-electron chi connectivity index (χ3n) is 13.3. The van der Waals surface area contributed by atoms with E-state index in [-0.39, 0.29) is 54.9 Å². The Labute approximate surface area is 378 Å². The van der Waals surface area contributed by atoms with Crippen molar-refractivity contribution in [2.24, 2.45) is 17.3 Å². The molecule has 8 rings (SSSR count). The quantitative estimate of drug-likeness (QED) is 0.0986. The smallest absolute Gasteiger partial charge is 0.246 e. The zero-order chi connectivity index (χ0) is 45.1. The van der Waals surface area contributed by atoms with E-state index >= 15 is 0 Å². The molecule has 3 aliphatic rings. The fourth-order valence-corrected chi connectivity index (χ4v) is 10.3. The van der Waals surface area contributed by atoms with Crippen LogP contribution in [0, 0.1) is 24.2 Å². The summed E-state index contributed by atoms with van der Waals surface area (Å²) in [7, 11) is 0. The van der Waals surface area contributed by atoms with Crippen LogP contribution in [0.3, 0.4) is 0 Å². The van der Waals surface area contributed by atoms with Crippen LogP contribution < -0.4 is 16.4 Å². The molecular weight excluding hydrogens is 829 g/mol. The van der Waals surface area contributed by atoms with E-state index in [1.807, 2.05) is 86.7 Å². The summed E-state index contributed by atoms with van der Waals surface area (Å²) in [4.78, 5) is 51.1. The standard InChI is InChI=1S/C48H60N10O5S/c1-29-42(64-28-51-29)32-13-9-30(10-14-32)23-50-46(62)40-21-36(59)27-57(40)47(63)43(48(2,3)4)53-45(61)33-15-11-31(12-16-33)25-56-19-17-35(18-20-56)58-26-34(24-52-58)38-22-39(54-55-44(38)49)37-7-5-6-8-41(37)60/h5-10,13-14,22,24,26,28,31,33,35-36,40,43,59-60H,11-12,15-21,23,25,27H2,1-4H3,(H2,49,55)(H,50,62)(H,53,61)/t31-,33+,36-,40+,43-/m1/s1. The number of carbonyl (C=O) groups is 3. The molecule has 5 heterocycles. The number of para-hydroxylation sites is 1. The number of nitrogens with two attached hydrogens (primary N) is 1. The number of aromatic hydroxyl groups is 1. The number of hydrogen-bond acceptors (Lipinski definition) is 12. The first-order valence-corrected chi connectivity index (χ1v) is 23.3. The minimum absolute atomic E-state index is 0.0365. The molecule has 5 aromatic rings. The van der Waals surface area contributed by atoms with Crippen LogP contribution in [0.5, 0.6) is 5.75 Å². The van der Waals surface area contributed by atoms with Gasteiger partial charge < -0.3 is 36.4 Å². The molecule has 16 heteroatoms. The van der Waals surface area contributed by atoms with Crippen molar-refractivity contribution < 1.29 is 24.6 Å². The number of benzene rings is 2. The van der Waals surface area contributed by atoms with Crippen LogP contribution in [0.1, 0.15) is 83.0 Å². The molecule has 64 heavy (non-hydrogen) atoms. The third kappa shape index (κ3) is 10.1. The topological polar surface area (TPSA) is 205 Å². The lowest BCUT2D eigenvalue weighted by molar-refractivity contribution is -0.144. The minimum Gasteiger partial charge on any atom is -0.507 e. The van der Waals surface area contributed by atoms with Crippen LogP contribution in [0.4, 0.5) is 5.82 Å². The Morgan fingerprint density at radius 3 is 2.36 bits per heavy atom. The summed E-state index contributed by atoms with van der Waals surface area (Å²) in [5.41, 5.74) is 13.1. The fourth-order valence-electron chi connectivity index (χ4n) is 9.51. The van der Waals surface area contributed by atoms with Crippen LogP contribution in [-0.2, 0) is 20.9 Å². The van der Waals surface area contributed by atoms with Crippen molar-refractivity contribution in [2.45, 2.75) is 103 Å². The van der Waals surface area contributed by atoms with E-state index in [0.29, 0.717) is 23.0 Å². The van der Waals surface area contributed by atoms with Gasteiger partial charge in [0.15, 0.2) is 5.82 Å². The number of nitrogens with zero attached hydrogens (tertiary/aromatic N) is 7. The number of nitrogen functional groups attached to an aromatic ring is 1. The number of rotatable bonds is 12. The normalized spacial score (nSPS) is 21.4. The molecule has 3 aromatic heterocycles. The summed E-state index contributed by atoms with van der Waals surface area (Å²) >= 11 is 1.59. The molecule has 3 amide bonds. The molecular formula is C48H60N10O5S. The van der Waals surface area contributed by atoms with Gasteiger partial charge in [-0.1, -0.05) is 57.2 Å². The van der Waals surface area contributed by atoms with Crippen LogP contribution in [0.15, 0.2) is 72.5 Å². The van der Waals surface area contributed by atoms with Gasteiger partial charge in [0.2, 0.25) is 17.7 Å². The van der Waals surface area contributed by atoms with Gasteiger partial charge >= 0.3 is 0 Å². The molecule has 1 aliphatic carbocycles. The summed E-state index contributed by atoms with van der Waals surface area (Å²) in [5.74, 6) is -0.0641. The molecule has 3 fully saturated rings. The van der Waals surface area contributed by atoms with Crippen molar-refractivity contribution in [3.8, 4) is 38.6 Å². The number of nitrogens with one attached hydrogen (secondary N) is 2. The number of β-amino-alcohol motifs (C(OH)–C–C–N with tert-alkyl or cyclic N) is 1. The number of phenolic OH excluding ortho intramolecular Hbond substituents is 1. The molecule has 0 spiro atoms. The van der Waals surface area contributed by atoms with E-state index in [1.165, 1.54) is 4.90 Å². The van der Waals surface area contributed by atoms with Crippen LogP contribution in [-0.4, -0.2) is 107 Å². The van der Waals surface area contributed by atoms with E-state index in [1.54, 1.807) is 29.5 Å². The van der Waals surface area contributed by atoms with E-state index < -0.39 is 23.6 Å². The van der Waals surface area contributed by atoms with Gasteiger partial charge in [0.05, 0.1) is 40.1 Å². The maximum absolute atomic E-state index is 14.2. The number of aryl methyl sites for hydroxylation is 1. The molecule has 0 unspecified atom stereocenters. The Kier molecular flexibility index (Phi) is 13.4. The van der Waals surface area contributed by atoms with Crippen LogP contribution in [0.2, 0.25) is 0 Å². The lowest BCUT2D eigenvalue weighted by Crippen LogP contribution is -2.58. The highest BCUT2D eigenvalue weighted by Gasteiger charge is 2.45. The zero-order valence-electron chi connectivity index (χ0n) is 37.1. The molecule has 0 bridgehead atoms. The minimum atomic E-state index is -0.854. The van der Waals surface area contributed by atoms with Crippen molar-refractivity contribution in [3.63, 3.8) is 0 Å². The molecule has 15 nitrogen and oxygen atoms in total. The summed E-state index contributed by atoms with van der Waals surface area (Å²) in [6.45, 7) is 11.0. The van der Waals surface area contributed by atoms with Crippen LogP contribution >= 0.6 is 11.3 Å². The third-order valence-corrected chi connectivity index (χ3v) is 14.3. The van der Waals surface area contributed by atoms with Gasteiger partial charge in [0.1, 0.15) is 17.8 Å². The number of aliphatic hydroxyl groups excluding tert-OH is 1. The Hall–Kier alpha value is -5.71. The van der Waals surface area contributed by atoms with E-state index in [0.717, 1.165) is 91.0 Å². The molecule has 1 saturated carbocycles. The Bertz CT molecular complexity index is 2430. The van der Waals surface area contributed by atoms with Gasteiger partial charge in [-0.2, -0.15) is 5.10 Å². The van der Waals surface area contributed by atoms with Crippen molar-refractivity contribution >= 4 is 34.9 Å². The number of hydrogen-bond donors (Lipinski definition) is 5. The average molecular weight is 889 g/mol. The second-order valence-corrected chi connectivity index (χ2v) is 19.7. The number of thiazole rings is 1. The number of carbonyl (C=O) groups excluding carboxylic acids is 3. The maximum atomic E-state index is 14.2. The number of aromatic nitrogens is 5. The van der Waals surface area contributed by atoms with E-state index in [4.69, 9.17) is 10.8 Å². The second-order valence-electron chi connectivity index (χ2n) is 18.9. The summed E-state index contributed by atoms with van der Waals surface area (Å²) < 4.78 is 2.03. The van der Waals surface area contributed by atoms with E-state index in [9.17, 15) is 24.6 Å². The largest absolute Gasteiger partial charge is 0.507 e. The number of likely N-dealkylation sites (tertiary alicyclic amines) is 2. The number of anilines is 1. The summed E-state index contributed by atoms with van der Waals surface area (Å²) in [5, 5.41) is 40.2. The Morgan fingerprint density at radius 1 is 0.938 bits per heavy atom. The maximum Gasteiger partial charge on any atom is 0.246 e. The van der Waals surface area contributed by atoms with Gasteiger partial charge in [0, 0.05) is 67.9 Å². The van der Waals surface area contributed by atoms with Gasteiger partial charge in [-0.25, -0.2) is 4.98 Å². The number of aliphatic hydroxyl groups is 1. The van der Waals surface area contributed by atoms with Gasteiger partial charge in [-0.3, -0.25) is 19.1 Å². The van der Waals surface area contributed by atoms with E-state index in [2.05, 4.69) is 30.7 Å². The highest BCUT2D eigenvalue weighted by molar-refractivity contribution is 7.13. The average Bonchev–Trinajstić information content (AvgIpc) is 4.05. The second kappa shape index (κ2) is 19.2. The van der Waals surface area contributed by atoms with Crippen molar-refractivity contribution in [3.05, 3.63) is 83.8 Å². The van der Waals surface area contributed by atoms with Crippen molar-refractivity contribution in [1.82, 2.24) is 45.4 Å². The zero-order valence-corrected chi connectivity index (χ0v) is 37.9. The number of phenols is 1. The molecule has 2 aromatic carbocycles. The molecule has 2 aliphatic heterocycles. The lowest BCUT2D eigenvalue weighted by Gasteiger charge is -2.38. The molecule has 338 valence electrons. The van der Waals surface area contributed by atoms with Crippen molar-refractivity contribution in [2.75, 3.05) is 31.9 Å². The van der Waals surface area contributed by atoms with Crippen LogP contribution in [0.25, 0.3) is 32.8 Å². The SMILES string of the molecule is Cc1ncsc1-c1ccc(CNC(=O)[C@@H]2C[C@@H](O)CN2C(=O)[C@@H](NC(=O)[C@H]2CC[C@@H](CN3CCC(n4cc(-c5cc(-c6ccccc6O)nnc5N)cn4)CC3)CC2)C(C)(C)C)cc1. The molecule has 6 N–H and O–H groups in total. The summed E-state index contributed by atoms with van der Waals surface area (Å²) in [6, 6.07) is 15.4. The van der Waals surface area contributed by atoms with Gasteiger partial charge in [-0.05, 0) is 86.1 Å². The first-order valence-electron chi connectivity index (χ1n) is 22.5. The highest BCUT2D eigenvalue weighted by atomic mass is 32.1. The fraction of sp³-hybridized carbons (Fsp3) is 0.479. The summed E-state index contributed by atoms with van der Waals surface area (Å²) in [6.07, 6.45) is 8.45. The van der Waals surface area contributed by atoms with Crippen molar-refractivity contribution in [1.29, 1.82) is 0 Å².